The van der Waals surface area contributed by atoms with Crippen molar-refractivity contribution in [1.82, 2.24) is 9.47 Å². The molecule has 0 unspecified atom stereocenters. The number of hydrogen-bond acceptors (Lipinski definition) is 7. The molecule has 0 saturated heterocycles. The van der Waals surface area contributed by atoms with Gasteiger partial charge in [-0.1, -0.05) is 23.7 Å². The molecule has 0 saturated carbocycles. The second-order valence-electron chi connectivity index (χ2n) is 11.0. The van der Waals surface area contributed by atoms with Crippen molar-refractivity contribution in [1.29, 1.82) is 0 Å². The Balaban J connectivity index is 1.22. The topological polar surface area (TPSA) is 98.2 Å². The van der Waals surface area contributed by atoms with Gasteiger partial charge >= 0.3 is 5.97 Å². The van der Waals surface area contributed by atoms with Gasteiger partial charge in [0.05, 0.1) is 25.6 Å². The van der Waals surface area contributed by atoms with Crippen LogP contribution in [0, 0.1) is 6.92 Å². The van der Waals surface area contributed by atoms with Crippen molar-refractivity contribution in [2.45, 2.75) is 13.3 Å². The van der Waals surface area contributed by atoms with Gasteiger partial charge in [-0.3, -0.25) is 28.6 Å². The average Bonchev–Trinajstić information content (AvgIpc) is 3.30. The number of amides is 2. The van der Waals surface area contributed by atoms with Gasteiger partial charge in [0.15, 0.2) is 0 Å². The molecule has 6 rings (SSSR count). The Labute approximate surface area is 264 Å². The fourth-order valence-corrected chi connectivity index (χ4v) is 6.09. The summed E-state index contributed by atoms with van der Waals surface area (Å²) in [6.07, 6.45) is -0.131. The molecular weight excluding hydrogens is 594 g/mol. The molecule has 1 aliphatic heterocycles. The van der Waals surface area contributed by atoms with E-state index in [1.165, 1.54) is 0 Å². The predicted octanol–water partition coefficient (Wildman–Crippen LogP) is 5.90. The van der Waals surface area contributed by atoms with Gasteiger partial charge in [0.2, 0.25) is 0 Å². The molecule has 228 valence electrons. The van der Waals surface area contributed by atoms with Crippen molar-refractivity contribution in [3.63, 3.8) is 0 Å². The highest BCUT2D eigenvalue weighted by Gasteiger charge is 2.33. The Kier molecular flexibility index (Phi) is 7.80. The predicted molar refractivity (Wildman–Crippen MR) is 173 cm³/mol. The van der Waals surface area contributed by atoms with E-state index in [0.29, 0.717) is 55.0 Å². The van der Waals surface area contributed by atoms with Crippen LogP contribution in [0.15, 0.2) is 72.8 Å². The number of esters is 1. The van der Waals surface area contributed by atoms with Gasteiger partial charge in [-0.05, 0) is 73.2 Å². The molecule has 9 nitrogen and oxygen atoms in total. The maximum atomic E-state index is 13.6. The molecule has 0 atom stereocenters. The molecule has 0 spiro atoms. The van der Waals surface area contributed by atoms with Crippen molar-refractivity contribution in [3.05, 3.63) is 106 Å². The molecule has 0 aliphatic carbocycles. The van der Waals surface area contributed by atoms with Crippen LogP contribution in [0.25, 0.3) is 21.7 Å². The lowest BCUT2D eigenvalue weighted by molar-refractivity contribution is -0.143. The van der Waals surface area contributed by atoms with Crippen LogP contribution in [0.3, 0.4) is 0 Å². The number of carbonyl (C=O) groups is 4. The van der Waals surface area contributed by atoms with Gasteiger partial charge in [0.25, 0.3) is 17.7 Å². The highest BCUT2D eigenvalue weighted by molar-refractivity contribution is 6.30. The number of ether oxygens (including phenoxy) is 2. The van der Waals surface area contributed by atoms with Crippen molar-refractivity contribution in [2.24, 2.45) is 0 Å². The molecule has 0 fully saturated rings. The van der Waals surface area contributed by atoms with E-state index in [0.717, 1.165) is 16.0 Å². The highest BCUT2D eigenvalue weighted by atomic mass is 35.5. The van der Waals surface area contributed by atoms with E-state index >= 15 is 0 Å². The Morgan fingerprint density at radius 3 is 2.29 bits per heavy atom. The number of hydrogen-bond donors (Lipinski definition) is 0. The molecule has 10 heteroatoms. The Morgan fingerprint density at radius 1 is 0.889 bits per heavy atom. The second-order valence-corrected chi connectivity index (χ2v) is 11.4. The summed E-state index contributed by atoms with van der Waals surface area (Å²) in [4.78, 5) is 56.6. The van der Waals surface area contributed by atoms with E-state index < -0.39 is 17.8 Å². The normalized spacial score (nSPS) is 12.6. The SMILES string of the molecule is COc1ccc2c(c1)c(CC(=O)OCCN1C(=O)c3cccc4c(N(C)C)ccc(c34)C1=O)c(C)n2C(=O)c1ccc(Cl)cc1. The molecule has 2 heterocycles. The fraction of sp³-hybridized carbons (Fsp3) is 0.200. The summed E-state index contributed by atoms with van der Waals surface area (Å²) in [6.45, 7) is 1.49. The maximum absolute atomic E-state index is 13.6. The number of benzene rings is 4. The molecule has 2 amide bonds. The van der Waals surface area contributed by atoms with E-state index in [1.807, 2.05) is 31.1 Å². The summed E-state index contributed by atoms with van der Waals surface area (Å²) in [7, 11) is 5.36. The van der Waals surface area contributed by atoms with E-state index in [4.69, 9.17) is 21.1 Å². The standard InChI is InChI=1S/C35H30ClN3O6/c1-20-27(28-18-23(44-4)12-14-30(28)39(20)33(41)21-8-10-22(36)11-9-21)19-31(40)45-17-16-38-34(42)25-7-5-6-24-29(37(2)3)15-13-26(32(24)25)35(38)43/h5-15,18H,16-17,19H2,1-4H3. The number of imide groups is 1. The van der Waals surface area contributed by atoms with Crippen LogP contribution in [0.1, 0.15) is 42.3 Å². The van der Waals surface area contributed by atoms with E-state index in [-0.39, 0.29) is 25.5 Å². The van der Waals surface area contributed by atoms with Crippen molar-refractivity contribution in [3.8, 4) is 5.75 Å². The third-order valence-corrected chi connectivity index (χ3v) is 8.44. The summed E-state index contributed by atoms with van der Waals surface area (Å²) in [5.41, 5.74) is 4.01. The van der Waals surface area contributed by atoms with Crippen molar-refractivity contribution >= 4 is 62.7 Å². The van der Waals surface area contributed by atoms with Crippen LogP contribution in [0.5, 0.6) is 5.75 Å². The quantitative estimate of drug-likeness (QED) is 0.157. The first-order chi connectivity index (χ1) is 21.6. The zero-order valence-corrected chi connectivity index (χ0v) is 26.0. The van der Waals surface area contributed by atoms with Crippen LogP contribution < -0.4 is 9.64 Å². The van der Waals surface area contributed by atoms with Gasteiger partial charge < -0.3 is 14.4 Å². The third-order valence-electron chi connectivity index (χ3n) is 8.19. The fourth-order valence-electron chi connectivity index (χ4n) is 5.97. The lowest BCUT2D eigenvalue weighted by atomic mass is 9.93. The molecule has 1 aromatic heterocycles. The number of anilines is 1. The summed E-state index contributed by atoms with van der Waals surface area (Å²) in [5, 5.41) is 2.64. The Hall–Kier alpha value is -5.15. The van der Waals surface area contributed by atoms with Gasteiger partial charge in [-0.25, -0.2) is 0 Å². The maximum Gasteiger partial charge on any atom is 0.310 e. The highest BCUT2D eigenvalue weighted by Crippen LogP contribution is 2.35. The zero-order chi connectivity index (χ0) is 32.0. The summed E-state index contributed by atoms with van der Waals surface area (Å²) in [6, 6.07) is 20.9. The van der Waals surface area contributed by atoms with Crippen LogP contribution in [-0.4, -0.2) is 67.5 Å². The first kappa shape index (κ1) is 29.9. The van der Waals surface area contributed by atoms with Crippen molar-refractivity contribution in [2.75, 3.05) is 39.3 Å². The van der Waals surface area contributed by atoms with E-state index in [2.05, 4.69) is 0 Å². The van der Waals surface area contributed by atoms with Gasteiger partial charge in [0.1, 0.15) is 12.4 Å². The molecule has 0 radical (unpaired) electrons. The van der Waals surface area contributed by atoms with Crippen LogP contribution in [-0.2, 0) is 16.0 Å². The lowest BCUT2D eigenvalue weighted by Crippen LogP contribution is -2.42. The Bertz CT molecular complexity index is 2010. The first-order valence-electron chi connectivity index (χ1n) is 14.3. The zero-order valence-electron chi connectivity index (χ0n) is 25.2. The average molecular weight is 624 g/mol. The van der Waals surface area contributed by atoms with Gasteiger partial charge in [-0.15, -0.1) is 0 Å². The molecule has 5 aromatic rings. The smallest absolute Gasteiger partial charge is 0.310 e. The molecule has 0 bridgehead atoms. The number of halogens is 1. The largest absolute Gasteiger partial charge is 0.497 e. The molecular formula is C35H30ClN3O6. The summed E-state index contributed by atoms with van der Waals surface area (Å²) < 4.78 is 12.5. The van der Waals surface area contributed by atoms with E-state index in [9.17, 15) is 19.2 Å². The van der Waals surface area contributed by atoms with E-state index in [1.54, 1.807) is 79.3 Å². The summed E-state index contributed by atoms with van der Waals surface area (Å²) >= 11 is 6.02. The molecule has 1 aliphatic rings. The van der Waals surface area contributed by atoms with Gasteiger partial charge in [0, 0.05) is 63.3 Å². The minimum Gasteiger partial charge on any atom is -0.497 e. The number of methoxy groups -OCH3 is 1. The van der Waals surface area contributed by atoms with Crippen molar-refractivity contribution < 1.29 is 28.7 Å². The lowest BCUT2D eigenvalue weighted by Gasteiger charge is -2.28. The Morgan fingerprint density at radius 2 is 1.60 bits per heavy atom. The number of aromatic nitrogens is 1. The van der Waals surface area contributed by atoms with Crippen LogP contribution in [0.2, 0.25) is 5.02 Å². The van der Waals surface area contributed by atoms with Crippen LogP contribution in [0.4, 0.5) is 5.69 Å². The molecule has 4 aromatic carbocycles. The minimum atomic E-state index is -0.561. The molecule has 0 N–H and O–H groups in total. The number of nitrogens with zero attached hydrogens (tertiary/aromatic N) is 3. The second kappa shape index (κ2) is 11.7. The van der Waals surface area contributed by atoms with Gasteiger partial charge in [-0.2, -0.15) is 0 Å². The monoisotopic (exact) mass is 623 g/mol. The van der Waals surface area contributed by atoms with Crippen LogP contribution >= 0.6 is 11.6 Å². The minimum absolute atomic E-state index is 0.0989. The number of rotatable bonds is 8. The first-order valence-corrected chi connectivity index (χ1v) is 14.7. The molecule has 45 heavy (non-hydrogen) atoms. The summed E-state index contributed by atoms with van der Waals surface area (Å²) in [5.74, 6) is -1.13. The number of fused-ring (bicyclic) bond motifs is 1. The number of carbonyl (C=O) groups excluding carboxylic acids is 4. The third kappa shape index (κ3) is 5.19.